The van der Waals surface area contributed by atoms with Gasteiger partial charge in [-0.05, 0) is 27.2 Å². The molecule has 112 valence electrons. The molecular formula is C15H26N4O. The molecule has 0 amide bonds. The highest BCUT2D eigenvalue weighted by Gasteiger charge is 2.25. The van der Waals surface area contributed by atoms with Gasteiger partial charge in [0, 0.05) is 32.1 Å². The van der Waals surface area contributed by atoms with Crippen LogP contribution < -0.4 is 10.2 Å². The lowest BCUT2D eigenvalue weighted by atomic mass is 10.2. The lowest BCUT2D eigenvalue weighted by molar-refractivity contribution is -0.00550. The lowest BCUT2D eigenvalue weighted by Gasteiger charge is -2.37. The molecule has 0 saturated carbocycles. The van der Waals surface area contributed by atoms with Gasteiger partial charge in [-0.3, -0.25) is 0 Å². The minimum Gasteiger partial charge on any atom is -0.373 e. The zero-order valence-electron chi connectivity index (χ0n) is 13.2. The fourth-order valence-electron chi connectivity index (χ4n) is 2.79. The molecule has 5 heteroatoms. The van der Waals surface area contributed by atoms with Crippen molar-refractivity contribution in [3.8, 4) is 0 Å². The number of anilines is 2. The molecule has 1 saturated heterocycles. The summed E-state index contributed by atoms with van der Waals surface area (Å²) in [5.41, 5.74) is 1.12. The molecule has 1 aliphatic heterocycles. The molecule has 0 radical (unpaired) electrons. The quantitative estimate of drug-likeness (QED) is 0.916. The van der Waals surface area contributed by atoms with Gasteiger partial charge in [-0.25, -0.2) is 9.97 Å². The minimum atomic E-state index is 0.237. The summed E-state index contributed by atoms with van der Waals surface area (Å²) in [6.45, 7) is 10.2. The van der Waals surface area contributed by atoms with Gasteiger partial charge in [0.25, 0.3) is 0 Å². The monoisotopic (exact) mass is 278 g/mol. The molecule has 0 unspecified atom stereocenters. The number of nitrogens with zero attached hydrogens (tertiary/aromatic N) is 3. The Bertz CT molecular complexity index is 453. The van der Waals surface area contributed by atoms with Gasteiger partial charge in [-0.1, -0.05) is 6.92 Å². The highest BCUT2D eigenvalue weighted by atomic mass is 16.5. The summed E-state index contributed by atoms with van der Waals surface area (Å²) in [6, 6.07) is 0. The molecule has 1 fully saturated rings. The Morgan fingerprint density at radius 1 is 1.25 bits per heavy atom. The van der Waals surface area contributed by atoms with E-state index in [9.17, 15) is 0 Å². The SMILES string of the molecule is CCCc1nc(NC)c(C)c(N2C[C@@H](C)O[C@@H](C)C2)n1. The van der Waals surface area contributed by atoms with E-state index in [1.54, 1.807) is 0 Å². The van der Waals surface area contributed by atoms with Crippen LogP contribution in [0.1, 0.15) is 38.6 Å². The third kappa shape index (κ3) is 3.20. The topological polar surface area (TPSA) is 50.3 Å². The molecule has 1 aromatic heterocycles. The largest absolute Gasteiger partial charge is 0.373 e. The first-order chi connectivity index (χ1) is 9.55. The number of rotatable bonds is 4. The van der Waals surface area contributed by atoms with E-state index in [2.05, 4.69) is 42.9 Å². The first-order valence-corrected chi connectivity index (χ1v) is 7.50. The fourth-order valence-corrected chi connectivity index (χ4v) is 2.79. The highest BCUT2D eigenvalue weighted by Crippen LogP contribution is 2.26. The predicted octanol–water partition coefficient (Wildman–Crippen LogP) is 2.39. The van der Waals surface area contributed by atoms with Crippen LogP contribution in [0.2, 0.25) is 0 Å². The molecular weight excluding hydrogens is 252 g/mol. The molecule has 1 aromatic rings. The van der Waals surface area contributed by atoms with Gasteiger partial charge >= 0.3 is 0 Å². The maximum Gasteiger partial charge on any atom is 0.137 e. The summed E-state index contributed by atoms with van der Waals surface area (Å²) in [7, 11) is 1.92. The number of ether oxygens (including phenoxy) is 1. The van der Waals surface area contributed by atoms with Crippen LogP contribution in [-0.4, -0.2) is 42.3 Å². The number of nitrogens with one attached hydrogen (secondary N) is 1. The van der Waals surface area contributed by atoms with Crippen LogP contribution in [0.15, 0.2) is 0 Å². The van der Waals surface area contributed by atoms with Crippen molar-refractivity contribution in [2.24, 2.45) is 0 Å². The van der Waals surface area contributed by atoms with E-state index in [1.807, 2.05) is 7.05 Å². The second kappa shape index (κ2) is 6.39. The number of morpholine rings is 1. The fraction of sp³-hybridized carbons (Fsp3) is 0.733. The van der Waals surface area contributed by atoms with Crippen LogP contribution in [-0.2, 0) is 11.2 Å². The van der Waals surface area contributed by atoms with Crippen molar-refractivity contribution < 1.29 is 4.74 Å². The third-order valence-corrected chi connectivity index (χ3v) is 3.60. The highest BCUT2D eigenvalue weighted by molar-refractivity contribution is 5.58. The van der Waals surface area contributed by atoms with E-state index in [4.69, 9.17) is 9.72 Å². The third-order valence-electron chi connectivity index (χ3n) is 3.60. The molecule has 0 spiro atoms. The van der Waals surface area contributed by atoms with Gasteiger partial charge in [0.2, 0.25) is 0 Å². The minimum absolute atomic E-state index is 0.237. The van der Waals surface area contributed by atoms with Gasteiger partial charge in [0.05, 0.1) is 12.2 Å². The van der Waals surface area contributed by atoms with Gasteiger partial charge in [-0.15, -0.1) is 0 Å². The number of hydrogen-bond acceptors (Lipinski definition) is 5. The van der Waals surface area contributed by atoms with Crippen molar-refractivity contribution in [1.29, 1.82) is 0 Å². The molecule has 0 bridgehead atoms. The Morgan fingerprint density at radius 2 is 1.90 bits per heavy atom. The van der Waals surface area contributed by atoms with Crippen LogP contribution in [0, 0.1) is 6.92 Å². The number of aryl methyl sites for hydroxylation is 1. The summed E-state index contributed by atoms with van der Waals surface area (Å²) in [5.74, 6) is 2.91. The Balaban J connectivity index is 2.35. The summed E-state index contributed by atoms with van der Waals surface area (Å²) < 4.78 is 5.81. The van der Waals surface area contributed by atoms with Crippen LogP contribution in [0.3, 0.4) is 0 Å². The Morgan fingerprint density at radius 3 is 2.45 bits per heavy atom. The molecule has 5 nitrogen and oxygen atoms in total. The van der Waals surface area contributed by atoms with Gasteiger partial charge in [0.15, 0.2) is 0 Å². The van der Waals surface area contributed by atoms with Crippen molar-refractivity contribution in [3.05, 3.63) is 11.4 Å². The molecule has 2 atom stereocenters. The van der Waals surface area contributed by atoms with E-state index in [0.717, 1.165) is 49.0 Å². The molecule has 20 heavy (non-hydrogen) atoms. The average molecular weight is 278 g/mol. The van der Waals surface area contributed by atoms with Crippen LogP contribution in [0.4, 0.5) is 11.6 Å². The summed E-state index contributed by atoms with van der Waals surface area (Å²) >= 11 is 0. The lowest BCUT2D eigenvalue weighted by Crippen LogP contribution is -2.46. The zero-order valence-corrected chi connectivity index (χ0v) is 13.2. The van der Waals surface area contributed by atoms with Crippen molar-refractivity contribution >= 4 is 11.6 Å². The second-order valence-corrected chi connectivity index (χ2v) is 5.60. The number of aromatic nitrogens is 2. The van der Waals surface area contributed by atoms with Crippen molar-refractivity contribution in [2.75, 3.05) is 30.4 Å². The maximum atomic E-state index is 5.81. The van der Waals surface area contributed by atoms with Crippen molar-refractivity contribution in [1.82, 2.24) is 9.97 Å². The molecule has 2 rings (SSSR count). The van der Waals surface area contributed by atoms with Crippen molar-refractivity contribution in [3.63, 3.8) is 0 Å². The summed E-state index contributed by atoms with van der Waals surface area (Å²) in [6.07, 6.45) is 2.44. The molecule has 2 heterocycles. The second-order valence-electron chi connectivity index (χ2n) is 5.60. The van der Waals surface area contributed by atoms with E-state index < -0.39 is 0 Å². The van der Waals surface area contributed by atoms with Gasteiger partial charge in [-0.2, -0.15) is 0 Å². The summed E-state index contributed by atoms with van der Waals surface area (Å²) in [4.78, 5) is 11.7. The zero-order chi connectivity index (χ0) is 14.7. The Hall–Kier alpha value is -1.36. The van der Waals surface area contributed by atoms with E-state index in [-0.39, 0.29) is 12.2 Å². The first kappa shape index (κ1) is 15.0. The van der Waals surface area contributed by atoms with E-state index in [0.29, 0.717) is 0 Å². The smallest absolute Gasteiger partial charge is 0.137 e. The normalized spacial score (nSPS) is 22.9. The standard InChI is InChI=1S/C15H26N4O/c1-6-7-13-17-14(16-5)12(4)15(18-13)19-8-10(2)20-11(3)9-19/h10-11H,6-9H2,1-5H3,(H,16,17,18)/t10-,11+. The molecule has 0 aromatic carbocycles. The molecule has 1 aliphatic rings. The molecule has 0 aliphatic carbocycles. The van der Waals surface area contributed by atoms with Crippen LogP contribution in [0.25, 0.3) is 0 Å². The molecule has 1 N–H and O–H groups in total. The predicted molar refractivity (Wildman–Crippen MR) is 82.5 cm³/mol. The van der Waals surface area contributed by atoms with Crippen LogP contribution >= 0.6 is 0 Å². The van der Waals surface area contributed by atoms with Crippen LogP contribution in [0.5, 0.6) is 0 Å². The van der Waals surface area contributed by atoms with Crippen molar-refractivity contribution in [2.45, 2.75) is 52.7 Å². The maximum absolute atomic E-state index is 5.81. The van der Waals surface area contributed by atoms with Gasteiger partial charge in [0.1, 0.15) is 17.5 Å². The summed E-state index contributed by atoms with van der Waals surface area (Å²) in [5, 5.41) is 3.19. The average Bonchev–Trinajstić information content (AvgIpc) is 2.39. The van der Waals surface area contributed by atoms with E-state index in [1.165, 1.54) is 0 Å². The van der Waals surface area contributed by atoms with Gasteiger partial charge < -0.3 is 15.0 Å². The Kier molecular flexibility index (Phi) is 4.81. The first-order valence-electron chi connectivity index (χ1n) is 7.50. The number of hydrogen-bond donors (Lipinski definition) is 1. The Labute approximate surface area is 121 Å². The van der Waals surface area contributed by atoms with E-state index >= 15 is 0 Å².